The van der Waals surface area contributed by atoms with E-state index in [1.165, 1.54) is 16.7 Å². The minimum Gasteiger partial charge on any atom is -0.496 e. The van der Waals surface area contributed by atoms with Crippen LogP contribution in [0.2, 0.25) is 0 Å². The van der Waals surface area contributed by atoms with Crippen LogP contribution in [0.25, 0.3) is 0 Å². The van der Waals surface area contributed by atoms with E-state index in [0.29, 0.717) is 0 Å². The van der Waals surface area contributed by atoms with Gasteiger partial charge >= 0.3 is 0 Å². The quantitative estimate of drug-likeness (QED) is 0.695. The smallest absolute Gasteiger partial charge is 0.122 e. The number of rotatable bonds is 8. The van der Waals surface area contributed by atoms with Gasteiger partial charge in [0.2, 0.25) is 0 Å². The Kier molecular flexibility index (Phi) is 6.76. The van der Waals surface area contributed by atoms with Crippen LogP contribution in [0.5, 0.6) is 5.75 Å². The third-order valence-corrected chi connectivity index (χ3v) is 3.23. The van der Waals surface area contributed by atoms with Crippen molar-refractivity contribution < 1.29 is 4.74 Å². The van der Waals surface area contributed by atoms with Gasteiger partial charge in [-0.1, -0.05) is 6.07 Å². The van der Waals surface area contributed by atoms with E-state index in [9.17, 15) is 0 Å². The SMILES string of the molecule is COc1cc(C)c(CCNCCCCN)cc1C. The van der Waals surface area contributed by atoms with Gasteiger partial charge in [0.15, 0.2) is 0 Å². The van der Waals surface area contributed by atoms with Gasteiger partial charge in [0, 0.05) is 0 Å². The molecule has 0 bridgehead atoms. The van der Waals surface area contributed by atoms with Crippen molar-refractivity contribution in [2.45, 2.75) is 33.1 Å². The van der Waals surface area contributed by atoms with Gasteiger partial charge in [-0.2, -0.15) is 0 Å². The number of nitrogens with one attached hydrogen (secondary N) is 1. The summed E-state index contributed by atoms with van der Waals surface area (Å²) in [7, 11) is 1.72. The molecular formula is C15H26N2O. The summed E-state index contributed by atoms with van der Waals surface area (Å²) in [4.78, 5) is 0. The normalized spacial score (nSPS) is 10.7. The Hall–Kier alpha value is -1.06. The zero-order valence-corrected chi connectivity index (χ0v) is 11.9. The predicted molar refractivity (Wildman–Crippen MR) is 77.3 cm³/mol. The summed E-state index contributed by atoms with van der Waals surface area (Å²) in [6, 6.07) is 4.36. The van der Waals surface area contributed by atoms with E-state index in [0.717, 1.165) is 44.6 Å². The van der Waals surface area contributed by atoms with E-state index in [1.807, 2.05) is 0 Å². The Balaban J connectivity index is 2.40. The molecule has 0 heterocycles. The lowest BCUT2D eigenvalue weighted by atomic mass is 10.0. The van der Waals surface area contributed by atoms with Crippen LogP contribution in [0.3, 0.4) is 0 Å². The lowest BCUT2D eigenvalue weighted by Crippen LogP contribution is -2.19. The van der Waals surface area contributed by atoms with E-state index in [-0.39, 0.29) is 0 Å². The van der Waals surface area contributed by atoms with Gasteiger partial charge in [-0.3, -0.25) is 0 Å². The topological polar surface area (TPSA) is 47.3 Å². The predicted octanol–water partition coefficient (Wildman–Crippen LogP) is 2.18. The molecule has 0 aliphatic carbocycles. The van der Waals surface area contributed by atoms with Crippen LogP contribution < -0.4 is 15.8 Å². The van der Waals surface area contributed by atoms with Crippen LogP contribution >= 0.6 is 0 Å². The van der Waals surface area contributed by atoms with Crippen LogP contribution in [0, 0.1) is 13.8 Å². The van der Waals surface area contributed by atoms with E-state index in [1.54, 1.807) is 7.11 Å². The Morgan fingerprint density at radius 2 is 1.89 bits per heavy atom. The molecule has 0 saturated heterocycles. The van der Waals surface area contributed by atoms with Crippen molar-refractivity contribution in [3.05, 3.63) is 28.8 Å². The zero-order valence-electron chi connectivity index (χ0n) is 11.9. The molecule has 3 heteroatoms. The first kappa shape index (κ1) is 15.0. The van der Waals surface area contributed by atoms with Crippen molar-refractivity contribution in [2.24, 2.45) is 5.73 Å². The molecular weight excluding hydrogens is 224 g/mol. The van der Waals surface area contributed by atoms with E-state index in [4.69, 9.17) is 10.5 Å². The standard InChI is InChI=1S/C15H26N2O/c1-12-11-15(18-3)13(2)10-14(12)6-9-17-8-5-4-7-16/h10-11,17H,4-9,16H2,1-3H3. The van der Waals surface area contributed by atoms with Crippen molar-refractivity contribution in [2.75, 3.05) is 26.7 Å². The summed E-state index contributed by atoms with van der Waals surface area (Å²) in [6.45, 7) is 7.11. The van der Waals surface area contributed by atoms with Crippen LogP contribution in [0.4, 0.5) is 0 Å². The molecule has 0 unspecified atom stereocenters. The number of unbranched alkanes of at least 4 members (excludes halogenated alkanes) is 1. The Bertz CT molecular complexity index is 364. The molecule has 18 heavy (non-hydrogen) atoms. The highest BCUT2D eigenvalue weighted by molar-refractivity contribution is 5.41. The van der Waals surface area contributed by atoms with Gasteiger partial charge in [-0.05, 0) is 75.5 Å². The second kappa shape index (κ2) is 8.11. The number of nitrogens with two attached hydrogens (primary N) is 1. The van der Waals surface area contributed by atoms with Gasteiger partial charge < -0.3 is 15.8 Å². The fourth-order valence-electron chi connectivity index (χ4n) is 2.08. The van der Waals surface area contributed by atoms with Gasteiger partial charge in [-0.15, -0.1) is 0 Å². The molecule has 0 radical (unpaired) electrons. The molecule has 0 amide bonds. The summed E-state index contributed by atoms with van der Waals surface area (Å²) in [5.41, 5.74) is 9.38. The maximum Gasteiger partial charge on any atom is 0.122 e. The lowest BCUT2D eigenvalue weighted by Gasteiger charge is -2.11. The molecule has 0 aliphatic heterocycles. The second-order valence-electron chi connectivity index (χ2n) is 4.74. The Morgan fingerprint density at radius 1 is 1.11 bits per heavy atom. The second-order valence-corrected chi connectivity index (χ2v) is 4.74. The molecule has 1 rings (SSSR count). The fraction of sp³-hybridized carbons (Fsp3) is 0.600. The molecule has 1 aromatic carbocycles. The van der Waals surface area contributed by atoms with Crippen molar-refractivity contribution in [1.29, 1.82) is 0 Å². The Labute approximate surface area is 111 Å². The average molecular weight is 250 g/mol. The summed E-state index contributed by atoms with van der Waals surface area (Å²) < 4.78 is 5.32. The van der Waals surface area contributed by atoms with Gasteiger partial charge in [0.05, 0.1) is 7.11 Å². The summed E-state index contributed by atoms with van der Waals surface area (Å²) in [6.07, 6.45) is 3.34. The summed E-state index contributed by atoms with van der Waals surface area (Å²) >= 11 is 0. The fourth-order valence-corrected chi connectivity index (χ4v) is 2.08. The van der Waals surface area contributed by atoms with Crippen molar-refractivity contribution in [3.63, 3.8) is 0 Å². The first-order valence-electron chi connectivity index (χ1n) is 6.74. The highest BCUT2D eigenvalue weighted by atomic mass is 16.5. The largest absolute Gasteiger partial charge is 0.496 e. The molecule has 1 aromatic rings. The van der Waals surface area contributed by atoms with Crippen LogP contribution in [-0.2, 0) is 6.42 Å². The van der Waals surface area contributed by atoms with Crippen molar-refractivity contribution >= 4 is 0 Å². The van der Waals surface area contributed by atoms with Crippen LogP contribution in [-0.4, -0.2) is 26.7 Å². The van der Waals surface area contributed by atoms with Gasteiger partial charge in [-0.25, -0.2) is 0 Å². The van der Waals surface area contributed by atoms with Crippen molar-refractivity contribution in [1.82, 2.24) is 5.32 Å². The van der Waals surface area contributed by atoms with Crippen LogP contribution in [0.1, 0.15) is 29.5 Å². The highest BCUT2D eigenvalue weighted by Crippen LogP contribution is 2.22. The number of hydrogen-bond donors (Lipinski definition) is 2. The monoisotopic (exact) mass is 250 g/mol. The molecule has 0 saturated carbocycles. The molecule has 3 nitrogen and oxygen atoms in total. The molecule has 102 valence electrons. The van der Waals surface area contributed by atoms with E-state index >= 15 is 0 Å². The average Bonchev–Trinajstić information content (AvgIpc) is 2.37. The third kappa shape index (κ3) is 4.67. The zero-order chi connectivity index (χ0) is 13.4. The first-order valence-corrected chi connectivity index (χ1v) is 6.74. The maximum absolute atomic E-state index is 5.46. The first-order chi connectivity index (χ1) is 8.69. The lowest BCUT2D eigenvalue weighted by molar-refractivity contribution is 0.411. The molecule has 0 aromatic heterocycles. The van der Waals surface area contributed by atoms with E-state index < -0.39 is 0 Å². The summed E-state index contributed by atoms with van der Waals surface area (Å²) in [5, 5.41) is 3.46. The number of ether oxygens (including phenoxy) is 1. The van der Waals surface area contributed by atoms with E-state index in [2.05, 4.69) is 31.3 Å². The Morgan fingerprint density at radius 3 is 2.56 bits per heavy atom. The number of hydrogen-bond acceptors (Lipinski definition) is 3. The minimum atomic E-state index is 0.790. The summed E-state index contributed by atoms with van der Waals surface area (Å²) in [5.74, 6) is 0.979. The molecule has 0 spiro atoms. The highest BCUT2D eigenvalue weighted by Gasteiger charge is 2.04. The molecule has 0 fully saturated rings. The molecule has 0 aliphatic rings. The third-order valence-electron chi connectivity index (χ3n) is 3.23. The number of aryl methyl sites for hydroxylation is 2. The van der Waals surface area contributed by atoms with Crippen molar-refractivity contribution in [3.8, 4) is 5.75 Å². The van der Waals surface area contributed by atoms with Crippen LogP contribution in [0.15, 0.2) is 12.1 Å². The molecule has 0 atom stereocenters. The van der Waals surface area contributed by atoms with Gasteiger partial charge in [0.1, 0.15) is 5.75 Å². The number of methoxy groups -OCH3 is 1. The van der Waals surface area contributed by atoms with Gasteiger partial charge in [0.25, 0.3) is 0 Å². The minimum absolute atomic E-state index is 0.790. The maximum atomic E-state index is 5.46. The molecule has 3 N–H and O–H groups in total. The number of benzene rings is 1.